The molecule has 0 spiro atoms. The zero-order valence-corrected chi connectivity index (χ0v) is 50.2. The van der Waals surface area contributed by atoms with Crippen LogP contribution >= 0.6 is 112 Å². The maximum atomic E-state index is 11.8. The lowest BCUT2D eigenvalue weighted by Crippen LogP contribution is -2.51. The van der Waals surface area contributed by atoms with E-state index in [4.69, 9.17) is 133 Å². The quantitative estimate of drug-likeness (QED) is 0.0123. The van der Waals surface area contributed by atoms with Crippen LogP contribution in [0.15, 0.2) is 65.8 Å². The van der Waals surface area contributed by atoms with Crippen LogP contribution in [0.3, 0.4) is 0 Å². The predicted octanol–water partition coefficient (Wildman–Crippen LogP) is 4.33. The number of carbonyl (C=O) groups is 8. The summed E-state index contributed by atoms with van der Waals surface area (Å²) in [4.78, 5) is 98.0. The smallest absolute Gasteiger partial charge is 0.363 e. The van der Waals surface area contributed by atoms with E-state index in [1.165, 1.54) is 0 Å². The van der Waals surface area contributed by atoms with E-state index < -0.39 is 70.2 Å². The molecule has 32 nitrogen and oxygen atoms in total. The molecule has 0 aliphatic carbocycles. The Morgan fingerprint density at radius 3 is 1.68 bits per heavy atom. The van der Waals surface area contributed by atoms with Gasteiger partial charge in [-0.05, 0) is 64.3 Å². The summed E-state index contributed by atoms with van der Waals surface area (Å²) in [7, 11) is -4.16. The van der Waals surface area contributed by atoms with Gasteiger partial charge >= 0.3 is 49.8 Å². The molecule has 3 aromatic rings. The first-order chi connectivity index (χ1) is 37.6. The van der Waals surface area contributed by atoms with Crippen molar-refractivity contribution in [2.24, 2.45) is 28.4 Å². The molecule has 450 valence electrons. The van der Waals surface area contributed by atoms with Crippen LogP contribution in [0.4, 0.5) is 45.2 Å². The van der Waals surface area contributed by atoms with Gasteiger partial charge in [-0.25, -0.2) is 66.1 Å². The van der Waals surface area contributed by atoms with E-state index in [-0.39, 0.29) is 29.2 Å². The number of nitrogens with zero attached hydrogens (tertiary/aromatic N) is 4. The summed E-state index contributed by atoms with van der Waals surface area (Å²) in [5.41, 5.74) is 14.1. The van der Waals surface area contributed by atoms with Gasteiger partial charge in [0.2, 0.25) is 13.5 Å². The van der Waals surface area contributed by atoms with Crippen molar-refractivity contribution < 1.29 is 48.0 Å². The van der Waals surface area contributed by atoms with Gasteiger partial charge in [0.05, 0.1) is 5.71 Å². The highest BCUT2D eigenvalue weighted by atomic mass is 35.6. The first kappa shape index (κ1) is 74.9. The number of amides is 15. The molecule has 81 heavy (non-hydrogen) atoms. The molecule has 1 aromatic heterocycles. The molecule has 1 atom stereocenters. The molecule has 1 aliphatic heterocycles. The summed E-state index contributed by atoms with van der Waals surface area (Å²) in [6, 6.07) is 8.85. The molecule has 4 rings (SSSR count). The van der Waals surface area contributed by atoms with E-state index in [9.17, 15) is 42.9 Å². The number of hydrazine groups is 3. The van der Waals surface area contributed by atoms with Crippen LogP contribution in [0.1, 0.15) is 57.7 Å². The monoisotopic (exact) mass is 1340 g/mol. The highest BCUT2D eigenvalue weighted by molar-refractivity contribution is 7.59. The lowest BCUT2D eigenvalue weighted by atomic mass is 10.1. The van der Waals surface area contributed by atoms with Crippen LogP contribution in [-0.2, 0) is 16.9 Å². The molecule has 1 unspecified atom stereocenters. The third-order valence-electron chi connectivity index (χ3n) is 7.78. The van der Waals surface area contributed by atoms with Crippen molar-refractivity contribution in [3.8, 4) is 0 Å². The average molecular weight is 1340 g/mol. The summed E-state index contributed by atoms with van der Waals surface area (Å²) < 4.78 is 7.97. The van der Waals surface area contributed by atoms with Crippen LogP contribution in [0.25, 0.3) is 0 Å². The van der Waals surface area contributed by atoms with Crippen molar-refractivity contribution in [3.63, 3.8) is 0 Å². The molecule has 1 saturated heterocycles. The van der Waals surface area contributed by atoms with Gasteiger partial charge in [0.15, 0.2) is 17.8 Å². The molecule has 1 fully saturated rings. The third kappa shape index (κ3) is 34.7. The van der Waals surface area contributed by atoms with Crippen molar-refractivity contribution in [2.75, 3.05) is 24.5 Å². The Hall–Kier alpha value is -6.10. The molecule has 1 aliphatic rings. The summed E-state index contributed by atoms with van der Waals surface area (Å²) in [6.45, 7) is 7.70. The van der Waals surface area contributed by atoms with Crippen LogP contribution in [0, 0.1) is 0 Å². The minimum atomic E-state index is -4.16. The number of alkyl halides is 7. The Labute approximate surface area is 506 Å². The van der Waals surface area contributed by atoms with Gasteiger partial charge in [0.1, 0.15) is 6.73 Å². The number of aromatic nitrogens is 3. The molecule has 23 N–H and O–H groups in total. The van der Waals surface area contributed by atoms with Gasteiger partial charge in [-0.3, -0.25) is 41.7 Å². The number of hydrazone groups is 1. The Morgan fingerprint density at radius 1 is 0.778 bits per heavy atom. The topological polar surface area (TPSA) is 497 Å². The van der Waals surface area contributed by atoms with Gasteiger partial charge < -0.3 is 42.7 Å². The average Bonchev–Trinajstić information content (AvgIpc) is 3.68. The Bertz CT molecular complexity index is 2590. The number of hydrogen-bond donors (Lipinski definition) is 19. The number of hydrogen-bond acceptors (Lipinski definition) is 18. The minimum absolute atomic E-state index is 0.0130. The van der Waals surface area contributed by atoms with Crippen molar-refractivity contribution >= 4 is 177 Å². The standard InChI is InChI=1S/C13H17N3O.C11H4Cl8N4.C7H15ClN2O.C5H8N4O4.C3H12N9O4P/c1-2-3-5-10-12(15-16-13(14)17)11-8-6-4-7-9-11;12-4-1-5(13)3-6(2-4)20-9-22-7(10(14,15)16)21-8(23-9)11(17,18)19;1-7(2,3)10-6(11)9-5-4-8;10-1-6-4(12)7-2-3(11)9-5(13)8-2;4-7-1(13)10-17(16,11-2(14)8-5)12-3(15)9-6/h2-4,6-9H,5,10H2,1H3,(H3,14,16,17);1-3H,(H,20,21,22,23);4-5H2,1-3H3,(H2,9,10,11);2,10H,1H2,(H2,6,7,12)(H2,8,9,11,13);4-6H2,(H6,7,8,9,10,11,12,13,14,15,16)/b3-2+,15-12+;;;;. The molecule has 15 amide bonds. The number of nitrogens with one attached hydrogen (secondary N) is 14. The van der Waals surface area contributed by atoms with Gasteiger partial charge in [-0.1, -0.05) is 135 Å². The van der Waals surface area contributed by atoms with E-state index in [2.05, 4.69) is 58.1 Å². The number of nitrogens with two attached hydrogens (primary N) is 4. The van der Waals surface area contributed by atoms with Gasteiger partial charge in [-0.2, -0.15) is 15.1 Å². The van der Waals surface area contributed by atoms with Crippen molar-refractivity contribution in [2.45, 2.75) is 59.8 Å². The van der Waals surface area contributed by atoms with Gasteiger partial charge in [-0.15, -0.1) is 11.6 Å². The lowest BCUT2D eigenvalue weighted by molar-refractivity contribution is -0.120. The SMILES string of the molecule is C/C=C/CC/C(=N\NC(N)=O)c1ccccc1.CC(C)(C)NC(=O)NCCCl.Clc1cc(Cl)cc(Nc2nc(C(Cl)(Cl)Cl)nc(C(Cl)(Cl)Cl)n2)c1.NNC(=O)NP(=O)(NC(=O)NN)NC(=O)NN.O=C(NCO)NC1NC(=O)NC1=O. The molecule has 0 saturated carbocycles. The number of urea groups is 7. The first-order valence-electron chi connectivity index (χ1n) is 21.9. The number of halogens is 9. The molecular weight excluding hydrogens is 1290 g/mol. The van der Waals surface area contributed by atoms with Crippen LogP contribution in [-0.4, -0.2) is 105 Å². The predicted molar refractivity (Wildman–Crippen MR) is 309 cm³/mol. The van der Waals surface area contributed by atoms with E-state index in [0.29, 0.717) is 28.2 Å². The van der Waals surface area contributed by atoms with Crippen LogP contribution in [0.2, 0.25) is 10.0 Å². The van der Waals surface area contributed by atoms with Gasteiger partial charge in [0.25, 0.3) is 5.91 Å². The fourth-order valence-electron chi connectivity index (χ4n) is 4.77. The fourth-order valence-corrected chi connectivity index (χ4v) is 7.12. The molecular formula is C39H56Cl9N22O10P. The number of aliphatic hydroxyl groups is 1. The molecule has 2 aromatic carbocycles. The van der Waals surface area contributed by atoms with Crippen molar-refractivity contribution in [1.82, 2.24) is 83.8 Å². The van der Waals surface area contributed by atoms with Crippen molar-refractivity contribution in [1.29, 1.82) is 0 Å². The second kappa shape index (κ2) is 37.8. The molecule has 2 heterocycles. The number of benzene rings is 2. The number of primary amides is 1. The second-order valence-electron chi connectivity index (χ2n) is 15.5. The number of carbonyl (C=O) groups excluding carboxylic acids is 8. The Morgan fingerprint density at radius 2 is 1.28 bits per heavy atom. The summed E-state index contributed by atoms with van der Waals surface area (Å²) in [5.74, 6) is 13.5. The summed E-state index contributed by atoms with van der Waals surface area (Å²) >= 11 is 51.9. The number of anilines is 2. The summed E-state index contributed by atoms with van der Waals surface area (Å²) in [6.07, 6.45) is 4.60. The zero-order valence-electron chi connectivity index (χ0n) is 42.5. The second-order valence-corrected chi connectivity index (χ2v) is 23.2. The van der Waals surface area contributed by atoms with Crippen LogP contribution in [0.5, 0.6) is 0 Å². The van der Waals surface area contributed by atoms with Crippen LogP contribution < -0.4 is 97.4 Å². The maximum Gasteiger partial charge on any atom is 0.363 e. The Balaban J connectivity index is 0.00000101. The highest BCUT2D eigenvalue weighted by Crippen LogP contribution is 2.40. The van der Waals surface area contributed by atoms with E-state index >= 15 is 0 Å². The molecule has 42 heteroatoms. The number of aliphatic hydroxyl groups excluding tert-OH is 1. The fraction of sp³-hybridized carbons (Fsp3) is 0.333. The van der Waals surface area contributed by atoms with Gasteiger partial charge in [0, 0.05) is 33.7 Å². The van der Waals surface area contributed by atoms with E-state index in [1.54, 1.807) is 49.7 Å². The highest BCUT2D eigenvalue weighted by Gasteiger charge is 2.34. The first-order valence-corrected chi connectivity index (χ1v) is 27.2. The normalized spacial score (nSPS) is 12.8. The van der Waals surface area contributed by atoms with E-state index in [0.717, 1.165) is 24.1 Å². The van der Waals surface area contributed by atoms with E-state index in [1.807, 2.05) is 74.7 Å². The Kier molecular flexibility index (Phi) is 35.0. The number of imide groups is 1. The summed E-state index contributed by atoms with van der Waals surface area (Å²) in [5, 5.41) is 34.5. The number of allylic oxidation sites excluding steroid dienone is 2. The molecule has 0 radical (unpaired) electrons. The third-order valence-corrected chi connectivity index (χ3v) is 11.0. The number of rotatable bonds is 14. The van der Waals surface area contributed by atoms with Crippen molar-refractivity contribution in [3.05, 3.63) is 87.9 Å². The lowest BCUT2D eigenvalue weighted by Gasteiger charge is -2.20. The molecule has 0 bridgehead atoms. The zero-order chi connectivity index (χ0) is 62.1. The minimum Gasteiger partial charge on any atom is -0.376 e. The maximum absolute atomic E-state index is 11.8. The largest absolute Gasteiger partial charge is 0.376 e.